The molecular formula is C14H18BrClN2S. The predicted octanol–water partition coefficient (Wildman–Crippen LogP) is 5.42. The van der Waals surface area contributed by atoms with Crippen molar-refractivity contribution in [2.45, 2.75) is 33.2 Å². The van der Waals surface area contributed by atoms with Crippen molar-refractivity contribution in [2.75, 3.05) is 11.1 Å². The van der Waals surface area contributed by atoms with E-state index in [-0.39, 0.29) is 5.41 Å². The molecule has 0 aromatic heterocycles. The monoisotopic (exact) mass is 360 g/mol. The Labute approximate surface area is 132 Å². The van der Waals surface area contributed by atoms with Crippen LogP contribution in [0.5, 0.6) is 0 Å². The van der Waals surface area contributed by atoms with Crippen molar-refractivity contribution in [1.82, 2.24) is 0 Å². The molecule has 0 bridgehead atoms. The third-order valence-corrected chi connectivity index (χ3v) is 4.89. The number of hydrogen-bond donors (Lipinski definition) is 1. The van der Waals surface area contributed by atoms with Gasteiger partial charge in [-0.15, -0.1) is 0 Å². The fourth-order valence-corrected chi connectivity index (χ4v) is 3.61. The molecule has 0 fully saturated rings. The molecule has 5 heteroatoms. The van der Waals surface area contributed by atoms with Gasteiger partial charge in [0.2, 0.25) is 0 Å². The lowest BCUT2D eigenvalue weighted by atomic mass is 9.85. The van der Waals surface area contributed by atoms with Gasteiger partial charge in [0.15, 0.2) is 5.17 Å². The minimum absolute atomic E-state index is 0.213. The van der Waals surface area contributed by atoms with E-state index in [1.807, 2.05) is 18.2 Å². The topological polar surface area (TPSA) is 24.4 Å². The second-order valence-electron chi connectivity index (χ2n) is 5.70. The molecule has 0 spiro atoms. The Kier molecular flexibility index (Phi) is 4.85. The van der Waals surface area contributed by atoms with Crippen LogP contribution in [0.1, 0.15) is 27.2 Å². The van der Waals surface area contributed by atoms with E-state index in [9.17, 15) is 0 Å². The maximum atomic E-state index is 5.95. The van der Waals surface area contributed by atoms with Crippen molar-refractivity contribution < 1.29 is 0 Å². The fraction of sp³-hybridized carbons (Fsp3) is 0.500. The summed E-state index contributed by atoms with van der Waals surface area (Å²) in [5.41, 5.74) is 1.22. The van der Waals surface area contributed by atoms with Gasteiger partial charge in [-0.1, -0.05) is 44.1 Å². The number of halogens is 2. The minimum Gasteiger partial charge on any atom is -0.334 e. The van der Waals surface area contributed by atoms with Crippen molar-refractivity contribution in [3.05, 3.63) is 27.7 Å². The van der Waals surface area contributed by atoms with Crippen molar-refractivity contribution in [1.29, 1.82) is 0 Å². The average molecular weight is 362 g/mol. The van der Waals surface area contributed by atoms with E-state index in [0.29, 0.717) is 6.04 Å². The summed E-state index contributed by atoms with van der Waals surface area (Å²) in [5, 5.41) is 5.11. The quantitative estimate of drug-likeness (QED) is 0.722. The zero-order valence-electron chi connectivity index (χ0n) is 11.3. The Morgan fingerprint density at radius 1 is 1.42 bits per heavy atom. The number of nitrogens with zero attached hydrogens (tertiary/aromatic N) is 1. The molecule has 1 aliphatic heterocycles. The normalized spacial score (nSPS) is 20.1. The van der Waals surface area contributed by atoms with E-state index in [2.05, 4.69) is 42.0 Å². The van der Waals surface area contributed by atoms with Crippen LogP contribution in [0.3, 0.4) is 0 Å². The molecule has 1 aliphatic rings. The summed E-state index contributed by atoms with van der Waals surface area (Å²) in [6.45, 7) is 6.73. The first-order chi connectivity index (χ1) is 8.86. The van der Waals surface area contributed by atoms with Crippen molar-refractivity contribution in [3.8, 4) is 0 Å². The Hall–Kier alpha value is -0.190. The van der Waals surface area contributed by atoms with Gasteiger partial charge in [0.05, 0.1) is 11.7 Å². The molecule has 1 aromatic carbocycles. The molecule has 104 valence electrons. The Morgan fingerprint density at radius 2 is 2.16 bits per heavy atom. The molecule has 1 atom stereocenters. The fourth-order valence-electron chi connectivity index (χ4n) is 1.91. The molecule has 2 nitrogen and oxygen atoms in total. The second-order valence-corrected chi connectivity index (χ2v) is 8.08. The lowest BCUT2D eigenvalue weighted by Gasteiger charge is -2.31. The largest absolute Gasteiger partial charge is 0.334 e. The summed E-state index contributed by atoms with van der Waals surface area (Å²) in [4.78, 5) is 4.83. The number of benzene rings is 1. The third-order valence-electron chi connectivity index (χ3n) is 3.08. The first-order valence-corrected chi connectivity index (χ1v) is 8.44. The number of nitrogens with one attached hydrogen (secondary N) is 1. The van der Waals surface area contributed by atoms with E-state index < -0.39 is 0 Å². The van der Waals surface area contributed by atoms with E-state index in [0.717, 1.165) is 32.5 Å². The number of hydrogen-bond acceptors (Lipinski definition) is 3. The summed E-state index contributed by atoms with van der Waals surface area (Å²) >= 11 is 11.2. The van der Waals surface area contributed by atoms with Gasteiger partial charge in [-0.05, 0) is 46.0 Å². The number of rotatable bonds is 1. The second kappa shape index (κ2) is 6.06. The Balaban J connectivity index is 2.16. The molecule has 1 N–H and O–H groups in total. The predicted molar refractivity (Wildman–Crippen MR) is 90.5 cm³/mol. The lowest BCUT2D eigenvalue weighted by molar-refractivity contribution is 0.316. The summed E-state index contributed by atoms with van der Waals surface area (Å²) in [7, 11) is 0. The highest BCUT2D eigenvalue weighted by Crippen LogP contribution is 2.32. The SMILES string of the molecule is CC(C)(C)C1CCSC(Nc2ccc(Cl)cc2Br)=N1. The molecule has 1 unspecified atom stereocenters. The standard InChI is InChI=1S/C14H18BrClN2S/c1-14(2,3)12-6-7-19-13(18-12)17-11-5-4-9(16)8-10(11)15/h4-5,8,12H,6-7H2,1-3H3,(H,17,18). The van der Waals surface area contributed by atoms with Gasteiger partial charge in [0.1, 0.15) is 0 Å². The van der Waals surface area contributed by atoms with Crippen LogP contribution in [0, 0.1) is 5.41 Å². The van der Waals surface area contributed by atoms with Crippen LogP contribution >= 0.6 is 39.3 Å². The summed E-state index contributed by atoms with van der Waals surface area (Å²) in [6, 6.07) is 6.11. The third kappa shape index (κ3) is 4.14. The van der Waals surface area contributed by atoms with Gasteiger partial charge in [-0.3, -0.25) is 4.99 Å². The number of thioether (sulfide) groups is 1. The smallest absolute Gasteiger partial charge is 0.161 e. The molecule has 0 saturated carbocycles. The van der Waals surface area contributed by atoms with Gasteiger partial charge >= 0.3 is 0 Å². The first kappa shape index (κ1) is 15.2. The van der Waals surface area contributed by atoms with Crippen LogP contribution in [0.25, 0.3) is 0 Å². The minimum atomic E-state index is 0.213. The van der Waals surface area contributed by atoms with Crippen LogP contribution < -0.4 is 5.32 Å². The number of aliphatic imine (C=N–C) groups is 1. The summed E-state index contributed by atoms with van der Waals surface area (Å²) in [6.07, 6.45) is 1.14. The number of anilines is 1. The van der Waals surface area contributed by atoms with Gasteiger partial charge in [0, 0.05) is 15.2 Å². The molecule has 0 amide bonds. The van der Waals surface area contributed by atoms with E-state index >= 15 is 0 Å². The molecular weight excluding hydrogens is 344 g/mol. The van der Waals surface area contributed by atoms with Crippen molar-refractivity contribution in [2.24, 2.45) is 10.4 Å². The first-order valence-electron chi connectivity index (χ1n) is 6.29. The van der Waals surface area contributed by atoms with E-state index in [1.165, 1.54) is 0 Å². The van der Waals surface area contributed by atoms with Crippen molar-refractivity contribution in [3.63, 3.8) is 0 Å². The van der Waals surface area contributed by atoms with Crippen molar-refractivity contribution >= 4 is 50.1 Å². The summed E-state index contributed by atoms with van der Waals surface area (Å²) in [5.74, 6) is 1.11. The van der Waals surface area contributed by atoms with Crippen LogP contribution in [0.4, 0.5) is 5.69 Å². The zero-order chi connectivity index (χ0) is 14.0. The number of amidine groups is 1. The Bertz CT molecular complexity index is 497. The highest BCUT2D eigenvalue weighted by Gasteiger charge is 2.27. The van der Waals surface area contributed by atoms with Gasteiger partial charge in [-0.25, -0.2) is 0 Å². The average Bonchev–Trinajstić information content (AvgIpc) is 2.32. The highest BCUT2D eigenvalue weighted by molar-refractivity contribution is 9.10. The Morgan fingerprint density at radius 3 is 2.79 bits per heavy atom. The molecule has 2 rings (SSSR count). The van der Waals surface area contributed by atoms with E-state index in [4.69, 9.17) is 16.6 Å². The van der Waals surface area contributed by atoms with Crippen LogP contribution in [-0.2, 0) is 0 Å². The van der Waals surface area contributed by atoms with Gasteiger partial charge < -0.3 is 5.32 Å². The van der Waals surface area contributed by atoms with Gasteiger partial charge in [-0.2, -0.15) is 0 Å². The summed E-state index contributed by atoms with van der Waals surface area (Å²) < 4.78 is 0.959. The van der Waals surface area contributed by atoms with E-state index in [1.54, 1.807) is 11.8 Å². The van der Waals surface area contributed by atoms with Crippen LogP contribution in [-0.4, -0.2) is 17.0 Å². The molecule has 0 radical (unpaired) electrons. The molecule has 1 heterocycles. The van der Waals surface area contributed by atoms with Crippen LogP contribution in [0.2, 0.25) is 5.02 Å². The maximum Gasteiger partial charge on any atom is 0.161 e. The highest BCUT2D eigenvalue weighted by atomic mass is 79.9. The molecule has 19 heavy (non-hydrogen) atoms. The molecule has 1 aromatic rings. The van der Waals surface area contributed by atoms with Gasteiger partial charge in [0.25, 0.3) is 0 Å². The molecule has 0 saturated heterocycles. The maximum absolute atomic E-state index is 5.95. The molecule has 0 aliphatic carbocycles. The van der Waals surface area contributed by atoms with Crippen LogP contribution in [0.15, 0.2) is 27.7 Å². The zero-order valence-corrected chi connectivity index (χ0v) is 14.5. The lowest BCUT2D eigenvalue weighted by Crippen LogP contribution is -2.30.